The van der Waals surface area contributed by atoms with Crippen molar-refractivity contribution in [2.75, 3.05) is 0 Å². The van der Waals surface area contributed by atoms with Crippen molar-refractivity contribution in [1.29, 1.82) is 0 Å². The van der Waals surface area contributed by atoms with E-state index in [1.807, 2.05) is 0 Å². The molecule has 3 nitrogen and oxygen atoms in total. The lowest BCUT2D eigenvalue weighted by Crippen LogP contribution is -2.54. The van der Waals surface area contributed by atoms with Crippen LogP contribution in [0.5, 0.6) is 0 Å². The van der Waals surface area contributed by atoms with Crippen molar-refractivity contribution in [2.24, 2.45) is 40.4 Å². The minimum absolute atomic E-state index is 0.110. The van der Waals surface area contributed by atoms with Gasteiger partial charge in [-0.15, -0.1) is 0 Å². The highest BCUT2D eigenvalue weighted by molar-refractivity contribution is 5.27. The first-order valence-electron chi connectivity index (χ1n) is 12.8. The highest BCUT2D eigenvalue weighted by atomic mass is 16.6. The van der Waals surface area contributed by atoms with E-state index in [0.717, 1.165) is 31.1 Å². The summed E-state index contributed by atoms with van der Waals surface area (Å²) in [4.78, 5) is 0. The van der Waals surface area contributed by atoms with Crippen LogP contribution in [-0.2, 0) is 4.74 Å². The van der Waals surface area contributed by atoms with Gasteiger partial charge in [-0.1, -0.05) is 32.4 Å². The molecule has 0 unspecified atom stereocenters. The van der Waals surface area contributed by atoms with E-state index in [1.54, 1.807) is 0 Å². The topological polar surface area (TPSA) is 53.0 Å². The minimum atomic E-state index is -0.317. The van der Waals surface area contributed by atoms with Crippen molar-refractivity contribution < 1.29 is 14.9 Å². The van der Waals surface area contributed by atoms with E-state index in [1.165, 1.54) is 44.1 Å². The van der Waals surface area contributed by atoms with Gasteiger partial charge < -0.3 is 14.9 Å². The lowest BCUT2D eigenvalue weighted by atomic mass is 9.46. The molecule has 10 atom stereocenters. The Morgan fingerprint density at radius 2 is 1.77 bits per heavy atom. The normalized spacial score (nSPS) is 52.6. The largest absolute Gasteiger partial charge is 0.393 e. The molecule has 0 aromatic heterocycles. The van der Waals surface area contributed by atoms with Crippen molar-refractivity contribution in [2.45, 2.75) is 116 Å². The summed E-state index contributed by atoms with van der Waals surface area (Å²) in [6.07, 6.45) is 12.6. The van der Waals surface area contributed by atoms with E-state index in [9.17, 15) is 10.2 Å². The molecule has 1 heterocycles. The summed E-state index contributed by atoms with van der Waals surface area (Å²) in [5.41, 5.74) is 2.04. The molecule has 3 saturated carbocycles. The second kappa shape index (κ2) is 7.06. The third-order valence-corrected chi connectivity index (χ3v) is 10.9. The molecule has 1 saturated heterocycles. The van der Waals surface area contributed by atoms with Crippen LogP contribution in [0.1, 0.15) is 92.4 Å². The number of hydrogen-bond acceptors (Lipinski definition) is 3. The maximum Gasteiger partial charge on any atom is 0.0892 e. The van der Waals surface area contributed by atoms with Crippen molar-refractivity contribution in [3.63, 3.8) is 0 Å². The highest BCUT2D eigenvalue weighted by Gasteiger charge is 2.61. The summed E-state index contributed by atoms with van der Waals surface area (Å²) < 4.78 is 5.85. The molecule has 0 aromatic rings. The quantitative estimate of drug-likeness (QED) is 0.470. The van der Waals surface area contributed by atoms with Gasteiger partial charge in [-0.05, 0) is 112 Å². The third kappa shape index (κ3) is 3.17. The molecule has 170 valence electrons. The molecular formula is C27H44O3. The third-order valence-electron chi connectivity index (χ3n) is 10.9. The Morgan fingerprint density at radius 3 is 2.47 bits per heavy atom. The fourth-order valence-electron chi connectivity index (χ4n) is 8.96. The summed E-state index contributed by atoms with van der Waals surface area (Å²) in [5.74, 6) is 3.17. The lowest BCUT2D eigenvalue weighted by molar-refractivity contribution is -0.0971. The fourth-order valence-corrected chi connectivity index (χ4v) is 8.96. The molecule has 5 aliphatic rings. The average Bonchev–Trinajstić information content (AvgIpc) is 3.13. The number of hydrogen-bond donors (Lipinski definition) is 2. The van der Waals surface area contributed by atoms with Gasteiger partial charge in [0.05, 0.1) is 23.9 Å². The summed E-state index contributed by atoms with van der Waals surface area (Å²) >= 11 is 0. The molecule has 0 amide bonds. The SMILES string of the molecule is C[C@H](CC[C@@H]1OC1(C)C)[C@H]1CC[C@H]2[C@@H]3[C@H](O)C=C4C[C@@H](O)CC[C@]4(C)[C@H]3CC[C@]12C. The van der Waals surface area contributed by atoms with E-state index in [2.05, 4.69) is 40.7 Å². The molecule has 0 spiro atoms. The number of ether oxygens (including phenoxy) is 1. The van der Waals surface area contributed by atoms with Crippen LogP contribution in [0.3, 0.4) is 0 Å². The molecule has 4 fully saturated rings. The molecule has 0 radical (unpaired) electrons. The first kappa shape index (κ1) is 21.5. The van der Waals surface area contributed by atoms with Gasteiger partial charge in [-0.2, -0.15) is 0 Å². The van der Waals surface area contributed by atoms with Crippen LogP contribution in [-0.4, -0.2) is 34.1 Å². The summed E-state index contributed by atoms with van der Waals surface area (Å²) in [7, 11) is 0. The Balaban J connectivity index is 1.34. The predicted molar refractivity (Wildman–Crippen MR) is 120 cm³/mol. The van der Waals surface area contributed by atoms with E-state index in [4.69, 9.17) is 4.74 Å². The lowest BCUT2D eigenvalue weighted by Gasteiger charge is -2.59. The molecule has 0 bridgehead atoms. The Kier molecular flexibility index (Phi) is 5.05. The van der Waals surface area contributed by atoms with Crippen molar-refractivity contribution >= 4 is 0 Å². The summed E-state index contributed by atoms with van der Waals surface area (Å²) in [5, 5.41) is 21.5. The molecule has 1 aliphatic heterocycles. The molecular weight excluding hydrogens is 372 g/mol. The van der Waals surface area contributed by atoms with Crippen LogP contribution in [0.25, 0.3) is 0 Å². The zero-order valence-electron chi connectivity index (χ0n) is 19.9. The molecule has 5 rings (SSSR count). The van der Waals surface area contributed by atoms with Gasteiger partial charge in [0.1, 0.15) is 0 Å². The number of aliphatic hydroxyl groups is 2. The van der Waals surface area contributed by atoms with Crippen LogP contribution >= 0.6 is 0 Å². The first-order chi connectivity index (χ1) is 14.1. The van der Waals surface area contributed by atoms with Crippen molar-refractivity contribution in [3.05, 3.63) is 11.6 Å². The monoisotopic (exact) mass is 416 g/mol. The molecule has 4 aliphatic carbocycles. The first-order valence-corrected chi connectivity index (χ1v) is 12.8. The van der Waals surface area contributed by atoms with Gasteiger partial charge in [0.15, 0.2) is 0 Å². The summed E-state index contributed by atoms with van der Waals surface area (Å²) in [6, 6.07) is 0. The standard InChI is InChI=1S/C27H44O3/c1-16(6-9-23-25(2,3)30-23)19-7-8-20-24-21(11-13-27(19,20)5)26(4)12-10-18(28)14-17(26)15-22(24)29/h15-16,18-24,28-29H,6-14H2,1-5H3/t16-,18+,19-,20+,21+,22-,23+,24+,26+,27-/m1/s1. The number of epoxide rings is 1. The number of aliphatic hydroxyl groups excluding tert-OH is 2. The Bertz CT molecular complexity index is 713. The van der Waals surface area contributed by atoms with Gasteiger partial charge in [0.2, 0.25) is 0 Å². The van der Waals surface area contributed by atoms with Crippen molar-refractivity contribution in [1.82, 2.24) is 0 Å². The number of rotatable bonds is 4. The smallest absolute Gasteiger partial charge is 0.0892 e. The molecule has 0 aromatic carbocycles. The van der Waals surface area contributed by atoms with Crippen LogP contribution in [0.2, 0.25) is 0 Å². The number of fused-ring (bicyclic) bond motifs is 5. The van der Waals surface area contributed by atoms with Gasteiger partial charge in [0, 0.05) is 0 Å². The van der Waals surface area contributed by atoms with E-state index in [-0.39, 0.29) is 23.2 Å². The highest BCUT2D eigenvalue weighted by Crippen LogP contribution is 2.67. The maximum absolute atomic E-state index is 11.3. The predicted octanol–water partition coefficient (Wildman–Crippen LogP) is 5.49. The van der Waals surface area contributed by atoms with Gasteiger partial charge in [0.25, 0.3) is 0 Å². The van der Waals surface area contributed by atoms with Crippen LogP contribution in [0, 0.1) is 40.4 Å². The molecule has 30 heavy (non-hydrogen) atoms. The fraction of sp³-hybridized carbons (Fsp3) is 0.926. The Morgan fingerprint density at radius 1 is 1.03 bits per heavy atom. The Labute approximate surface area is 183 Å². The average molecular weight is 417 g/mol. The van der Waals surface area contributed by atoms with Gasteiger partial charge in [-0.3, -0.25) is 0 Å². The minimum Gasteiger partial charge on any atom is -0.393 e. The molecule has 3 heteroatoms. The Hall–Kier alpha value is -0.380. The zero-order valence-corrected chi connectivity index (χ0v) is 19.9. The second-order valence-corrected chi connectivity index (χ2v) is 12.8. The van der Waals surface area contributed by atoms with Crippen LogP contribution < -0.4 is 0 Å². The van der Waals surface area contributed by atoms with E-state index in [0.29, 0.717) is 29.3 Å². The van der Waals surface area contributed by atoms with Crippen molar-refractivity contribution in [3.8, 4) is 0 Å². The van der Waals surface area contributed by atoms with E-state index < -0.39 is 0 Å². The summed E-state index contributed by atoms with van der Waals surface area (Å²) in [6.45, 7) is 11.9. The van der Waals surface area contributed by atoms with Gasteiger partial charge >= 0.3 is 0 Å². The van der Waals surface area contributed by atoms with Gasteiger partial charge in [-0.25, -0.2) is 0 Å². The van der Waals surface area contributed by atoms with Crippen LogP contribution in [0.4, 0.5) is 0 Å². The molecule has 2 N–H and O–H groups in total. The maximum atomic E-state index is 11.3. The zero-order chi connectivity index (χ0) is 21.5. The van der Waals surface area contributed by atoms with E-state index >= 15 is 0 Å². The van der Waals surface area contributed by atoms with Crippen LogP contribution in [0.15, 0.2) is 11.6 Å². The second-order valence-electron chi connectivity index (χ2n) is 12.8.